The zero-order valence-corrected chi connectivity index (χ0v) is 27.5. The van der Waals surface area contributed by atoms with E-state index in [2.05, 4.69) is 22.6 Å². The molecule has 238 valence electrons. The van der Waals surface area contributed by atoms with Crippen LogP contribution in [0.1, 0.15) is 43.5 Å². The maximum atomic E-state index is 15.6. The standard InChI is InChI=1S/C32H28Cl3F2N7O2/c1-6-20(45)43-10-9-42(13-16(43)5)30-17-11-19(33)28(21-24(36)22(34)23(35)26(39)25(21)37)41-31(17)44(32(46)18(30)12-38)29-15(4)7-8-40-27(29)14(2)3/h6-8,11,14,16H,1,9-10,13,39H2,2-5H3/t16-/m1/s1. The van der Waals surface area contributed by atoms with Gasteiger partial charge in [-0.2, -0.15) is 5.26 Å². The molecular weight excluding hydrogens is 659 g/mol. The normalized spacial score (nSPS) is 15.0. The number of rotatable bonds is 5. The summed E-state index contributed by atoms with van der Waals surface area (Å²) in [5.74, 6) is -2.90. The Kier molecular flexibility index (Phi) is 9.01. The van der Waals surface area contributed by atoms with Crippen molar-refractivity contribution >= 4 is 63.1 Å². The van der Waals surface area contributed by atoms with Crippen molar-refractivity contribution in [2.75, 3.05) is 30.3 Å². The van der Waals surface area contributed by atoms with E-state index in [4.69, 9.17) is 40.5 Å². The van der Waals surface area contributed by atoms with E-state index in [1.807, 2.05) is 20.8 Å². The van der Waals surface area contributed by atoms with Gasteiger partial charge in [0.1, 0.15) is 17.3 Å². The molecule has 3 aromatic heterocycles. The molecule has 46 heavy (non-hydrogen) atoms. The predicted octanol–water partition coefficient (Wildman–Crippen LogP) is 6.79. The van der Waals surface area contributed by atoms with Gasteiger partial charge in [0.25, 0.3) is 5.56 Å². The van der Waals surface area contributed by atoms with Gasteiger partial charge in [0.05, 0.1) is 49.1 Å². The number of nitrogens with zero attached hydrogens (tertiary/aromatic N) is 6. The minimum Gasteiger partial charge on any atom is -0.395 e. The van der Waals surface area contributed by atoms with Gasteiger partial charge in [-0.1, -0.05) is 55.2 Å². The Labute approximate surface area is 278 Å². The van der Waals surface area contributed by atoms with Crippen molar-refractivity contribution in [1.82, 2.24) is 19.4 Å². The van der Waals surface area contributed by atoms with Crippen LogP contribution in [0.25, 0.3) is 28.0 Å². The molecule has 1 fully saturated rings. The smallest absolute Gasteiger partial charge is 0.276 e. The number of benzene rings is 1. The molecule has 0 spiro atoms. The summed E-state index contributed by atoms with van der Waals surface area (Å²) in [6.45, 7) is 11.7. The molecule has 4 aromatic rings. The van der Waals surface area contributed by atoms with Crippen LogP contribution in [0.15, 0.2) is 35.8 Å². The van der Waals surface area contributed by atoms with Gasteiger partial charge in [-0.3, -0.25) is 19.1 Å². The van der Waals surface area contributed by atoms with E-state index in [0.29, 0.717) is 16.9 Å². The van der Waals surface area contributed by atoms with E-state index in [-0.39, 0.29) is 70.5 Å². The van der Waals surface area contributed by atoms with Gasteiger partial charge in [0.15, 0.2) is 11.6 Å². The maximum Gasteiger partial charge on any atom is 0.276 e. The number of fused-ring (bicyclic) bond motifs is 1. The number of pyridine rings is 3. The largest absolute Gasteiger partial charge is 0.395 e. The molecule has 1 amide bonds. The van der Waals surface area contributed by atoms with Gasteiger partial charge < -0.3 is 15.5 Å². The fraction of sp³-hybridized carbons (Fsp3) is 0.281. The molecule has 9 nitrogen and oxygen atoms in total. The lowest BCUT2D eigenvalue weighted by Gasteiger charge is -2.41. The number of piperazine rings is 1. The van der Waals surface area contributed by atoms with E-state index in [9.17, 15) is 14.9 Å². The number of aryl methyl sites for hydroxylation is 1. The van der Waals surface area contributed by atoms with Crippen molar-refractivity contribution in [3.05, 3.63) is 84.9 Å². The average Bonchev–Trinajstić information content (AvgIpc) is 3.02. The molecule has 1 atom stereocenters. The van der Waals surface area contributed by atoms with Gasteiger partial charge in [-0.15, -0.1) is 0 Å². The van der Waals surface area contributed by atoms with Crippen molar-refractivity contribution in [3.8, 4) is 23.0 Å². The number of nitrogens with two attached hydrogens (primary N) is 1. The first-order valence-electron chi connectivity index (χ1n) is 14.2. The van der Waals surface area contributed by atoms with Gasteiger partial charge >= 0.3 is 0 Å². The monoisotopic (exact) mass is 685 g/mol. The summed E-state index contributed by atoms with van der Waals surface area (Å²) in [5.41, 5.74) is 4.86. The molecule has 4 heterocycles. The van der Waals surface area contributed by atoms with Crippen LogP contribution in [0.2, 0.25) is 15.1 Å². The summed E-state index contributed by atoms with van der Waals surface area (Å²) in [5, 5.41) is 9.35. The highest BCUT2D eigenvalue weighted by Gasteiger charge is 2.33. The van der Waals surface area contributed by atoms with Gasteiger partial charge in [0.2, 0.25) is 5.91 Å². The summed E-state index contributed by atoms with van der Waals surface area (Å²) >= 11 is 18.7. The number of hydrogen-bond acceptors (Lipinski definition) is 7. The summed E-state index contributed by atoms with van der Waals surface area (Å²) in [6, 6.07) is 4.85. The van der Waals surface area contributed by atoms with Crippen LogP contribution >= 0.6 is 34.8 Å². The maximum absolute atomic E-state index is 15.6. The first kappa shape index (κ1) is 33.1. The fourth-order valence-electron chi connectivity index (χ4n) is 5.83. The minimum absolute atomic E-state index is 0.0444. The Morgan fingerprint density at radius 1 is 1.20 bits per heavy atom. The third kappa shape index (κ3) is 5.24. The van der Waals surface area contributed by atoms with Gasteiger partial charge in [-0.25, -0.2) is 13.8 Å². The highest BCUT2D eigenvalue weighted by atomic mass is 35.5. The molecule has 0 radical (unpaired) electrons. The Bertz CT molecular complexity index is 2030. The van der Waals surface area contributed by atoms with Crippen molar-refractivity contribution in [2.24, 2.45) is 0 Å². The van der Waals surface area contributed by atoms with Gasteiger partial charge in [-0.05, 0) is 43.5 Å². The second-order valence-electron chi connectivity index (χ2n) is 11.3. The lowest BCUT2D eigenvalue weighted by atomic mass is 10.0. The van der Waals surface area contributed by atoms with E-state index < -0.39 is 38.5 Å². The highest BCUT2D eigenvalue weighted by Crippen LogP contribution is 2.43. The predicted molar refractivity (Wildman–Crippen MR) is 177 cm³/mol. The molecule has 0 bridgehead atoms. The minimum atomic E-state index is -1.24. The summed E-state index contributed by atoms with van der Waals surface area (Å²) in [6.07, 6.45) is 2.83. The third-order valence-corrected chi connectivity index (χ3v) is 9.18. The first-order valence-corrected chi connectivity index (χ1v) is 15.3. The Morgan fingerprint density at radius 3 is 2.50 bits per heavy atom. The van der Waals surface area contributed by atoms with Crippen LogP contribution in [0, 0.1) is 29.9 Å². The van der Waals surface area contributed by atoms with Crippen LogP contribution in [0.5, 0.6) is 0 Å². The zero-order chi connectivity index (χ0) is 33.8. The van der Waals surface area contributed by atoms with E-state index in [1.54, 1.807) is 29.0 Å². The number of carbonyl (C=O) groups excluding carboxylic acids is 1. The molecule has 1 saturated heterocycles. The second-order valence-corrected chi connectivity index (χ2v) is 12.4. The molecular formula is C32H28Cl3F2N7O2. The van der Waals surface area contributed by atoms with E-state index >= 15 is 8.78 Å². The SMILES string of the molecule is C=CC(=O)N1CCN(c2c(C#N)c(=O)n(-c3c(C)ccnc3C(C)C)c3nc(-c4c(F)c(N)c(Cl)c(Cl)c4F)c(Cl)cc23)C[C@H]1C. The third-order valence-electron chi connectivity index (χ3n) is 8.05. The average molecular weight is 687 g/mol. The topological polar surface area (TPSA) is 121 Å². The van der Waals surface area contributed by atoms with Crippen molar-refractivity contribution < 1.29 is 13.6 Å². The van der Waals surface area contributed by atoms with Crippen LogP contribution in [-0.2, 0) is 4.79 Å². The van der Waals surface area contributed by atoms with Crippen molar-refractivity contribution in [3.63, 3.8) is 0 Å². The zero-order valence-electron chi connectivity index (χ0n) is 25.3. The second kappa shape index (κ2) is 12.5. The summed E-state index contributed by atoms with van der Waals surface area (Å²) < 4.78 is 32.4. The number of anilines is 2. The molecule has 1 aliphatic rings. The number of aromatic nitrogens is 3. The van der Waals surface area contributed by atoms with Crippen LogP contribution < -0.4 is 16.2 Å². The fourth-order valence-corrected chi connectivity index (χ4v) is 6.44. The first-order chi connectivity index (χ1) is 21.7. The molecule has 0 saturated carbocycles. The quantitative estimate of drug-likeness (QED) is 0.106. The summed E-state index contributed by atoms with van der Waals surface area (Å²) in [4.78, 5) is 39.5. The Hall–Kier alpha value is -4.24. The molecule has 1 aromatic carbocycles. The highest BCUT2D eigenvalue weighted by molar-refractivity contribution is 6.44. The molecule has 2 N–H and O–H groups in total. The van der Waals surface area contributed by atoms with Crippen LogP contribution in [0.4, 0.5) is 20.2 Å². The lowest BCUT2D eigenvalue weighted by Crippen LogP contribution is -2.54. The number of nitrogen functional groups attached to an aromatic ring is 1. The number of hydrogen-bond donors (Lipinski definition) is 1. The number of carbonyl (C=O) groups is 1. The van der Waals surface area contributed by atoms with Crippen LogP contribution in [-0.4, -0.2) is 51.0 Å². The summed E-state index contributed by atoms with van der Waals surface area (Å²) in [7, 11) is 0. The molecule has 1 aliphatic heterocycles. The van der Waals surface area contributed by atoms with E-state index in [0.717, 1.165) is 0 Å². The Balaban J connectivity index is 1.94. The van der Waals surface area contributed by atoms with Crippen LogP contribution in [0.3, 0.4) is 0 Å². The molecule has 14 heteroatoms. The lowest BCUT2D eigenvalue weighted by molar-refractivity contribution is -0.128. The Morgan fingerprint density at radius 2 is 1.89 bits per heavy atom. The number of halogens is 5. The number of nitriles is 1. The van der Waals surface area contributed by atoms with E-state index in [1.165, 1.54) is 16.7 Å². The van der Waals surface area contributed by atoms with Gasteiger partial charge in [0, 0.05) is 37.3 Å². The molecule has 0 aliphatic carbocycles. The molecule has 5 rings (SSSR count). The molecule has 0 unspecified atom stereocenters. The number of amides is 1. The van der Waals surface area contributed by atoms with Crippen molar-refractivity contribution in [2.45, 2.75) is 39.7 Å². The van der Waals surface area contributed by atoms with Crippen molar-refractivity contribution in [1.29, 1.82) is 5.26 Å².